The van der Waals surface area contributed by atoms with Gasteiger partial charge in [-0.1, -0.05) is 23.8 Å². The topological polar surface area (TPSA) is 52.3 Å². The molecule has 0 unspecified atom stereocenters. The number of ether oxygens (including phenoxy) is 1. The molecule has 0 spiro atoms. The lowest BCUT2D eigenvalue weighted by atomic mass is 9.74. The minimum absolute atomic E-state index is 0.173. The molecule has 0 bridgehead atoms. The Morgan fingerprint density at radius 1 is 1.41 bits per heavy atom. The molecule has 2 rings (SSSR count). The van der Waals surface area contributed by atoms with Gasteiger partial charge in [-0.25, -0.2) is 0 Å². The van der Waals surface area contributed by atoms with E-state index in [1.54, 1.807) is 0 Å². The van der Waals surface area contributed by atoms with Crippen LogP contribution in [0.2, 0.25) is 0 Å². The van der Waals surface area contributed by atoms with Crippen molar-refractivity contribution in [3.63, 3.8) is 0 Å². The van der Waals surface area contributed by atoms with Crippen molar-refractivity contribution in [2.75, 3.05) is 19.8 Å². The molecule has 3 heteroatoms. The molecule has 17 heavy (non-hydrogen) atoms. The van der Waals surface area contributed by atoms with Crippen molar-refractivity contribution >= 4 is 5.78 Å². The van der Waals surface area contributed by atoms with Gasteiger partial charge in [-0.05, 0) is 25.8 Å². The number of hydrogen-bond donors (Lipinski definition) is 1. The fourth-order valence-electron chi connectivity index (χ4n) is 2.38. The third-order valence-corrected chi connectivity index (χ3v) is 3.60. The Labute approximate surface area is 102 Å². The molecule has 2 N–H and O–H groups in total. The van der Waals surface area contributed by atoms with Gasteiger partial charge in [0.05, 0.1) is 5.41 Å². The SMILES string of the molecule is Cc1cccc(C(=O)C2(CN)CCOCC2)c1. The lowest BCUT2D eigenvalue weighted by molar-refractivity contribution is 0.0200. The van der Waals surface area contributed by atoms with Crippen LogP contribution in [-0.2, 0) is 4.74 Å². The zero-order valence-electron chi connectivity index (χ0n) is 10.2. The van der Waals surface area contributed by atoms with Crippen LogP contribution in [0.1, 0.15) is 28.8 Å². The quantitative estimate of drug-likeness (QED) is 0.812. The molecular weight excluding hydrogens is 214 g/mol. The molecule has 1 aromatic carbocycles. The summed E-state index contributed by atoms with van der Waals surface area (Å²) < 4.78 is 5.33. The first-order valence-electron chi connectivity index (χ1n) is 6.07. The molecular formula is C14H19NO2. The molecule has 92 valence electrons. The third-order valence-electron chi connectivity index (χ3n) is 3.60. The number of carbonyl (C=O) groups excluding carboxylic acids is 1. The normalized spacial score (nSPS) is 18.9. The van der Waals surface area contributed by atoms with Crippen molar-refractivity contribution in [3.05, 3.63) is 35.4 Å². The molecule has 1 heterocycles. The van der Waals surface area contributed by atoms with Crippen LogP contribution in [0.5, 0.6) is 0 Å². The van der Waals surface area contributed by atoms with Gasteiger partial charge in [0, 0.05) is 25.3 Å². The van der Waals surface area contributed by atoms with Crippen molar-refractivity contribution in [1.29, 1.82) is 0 Å². The van der Waals surface area contributed by atoms with Crippen molar-refractivity contribution in [2.24, 2.45) is 11.1 Å². The van der Waals surface area contributed by atoms with Gasteiger partial charge in [0.15, 0.2) is 5.78 Å². The summed E-state index contributed by atoms with van der Waals surface area (Å²) in [4.78, 5) is 12.6. The number of rotatable bonds is 3. The van der Waals surface area contributed by atoms with Gasteiger partial charge >= 0.3 is 0 Å². The summed E-state index contributed by atoms with van der Waals surface area (Å²) in [6.45, 7) is 3.67. The van der Waals surface area contributed by atoms with Crippen molar-refractivity contribution < 1.29 is 9.53 Å². The van der Waals surface area contributed by atoms with Crippen LogP contribution in [0.25, 0.3) is 0 Å². The van der Waals surface area contributed by atoms with Crippen LogP contribution in [0, 0.1) is 12.3 Å². The fourth-order valence-corrected chi connectivity index (χ4v) is 2.38. The smallest absolute Gasteiger partial charge is 0.170 e. The molecule has 0 amide bonds. The summed E-state index contributed by atoms with van der Waals surface area (Å²) in [5.74, 6) is 0.173. The number of Topliss-reactive ketones (excluding diaryl/α,β-unsaturated/α-hetero) is 1. The van der Waals surface area contributed by atoms with Crippen molar-refractivity contribution in [3.8, 4) is 0 Å². The van der Waals surface area contributed by atoms with Crippen LogP contribution in [0.4, 0.5) is 0 Å². The summed E-state index contributed by atoms with van der Waals surface area (Å²) in [7, 11) is 0. The predicted octanol–water partition coefficient (Wildman–Crippen LogP) is 1.93. The van der Waals surface area contributed by atoms with Crippen LogP contribution < -0.4 is 5.73 Å². The van der Waals surface area contributed by atoms with E-state index >= 15 is 0 Å². The number of nitrogens with two attached hydrogens (primary N) is 1. The van der Waals surface area contributed by atoms with E-state index in [1.807, 2.05) is 31.2 Å². The molecule has 0 saturated carbocycles. The molecule has 0 radical (unpaired) electrons. The second-order valence-electron chi connectivity index (χ2n) is 4.80. The summed E-state index contributed by atoms with van der Waals surface area (Å²) in [5.41, 5.74) is 7.31. The lowest BCUT2D eigenvalue weighted by Crippen LogP contribution is -2.43. The molecule has 0 aliphatic carbocycles. The Morgan fingerprint density at radius 3 is 2.71 bits per heavy atom. The van der Waals surface area contributed by atoms with Gasteiger partial charge in [-0.15, -0.1) is 0 Å². The Balaban J connectivity index is 2.28. The highest BCUT2D eigenvalue weighted by Gasteiger charge is 2.38. The molecule has 3 nitrogen and oxygen atoms in total. The summed E-state index contributed by atoms with van der Waals surface area (Å²) >= 11 is 0. The number of ketones is 1. The van der Waals surface area contributed by atoms with Crippen molar-refractivity contribution in [2.45, 2.75) is 19.8 Å². The summed E-state index contributed by atoms with van der Waals surface area (Å²) in [6.07, 6.45) is 1.46. The van der Waals surface area contributed by atoms with Crippen LogP contribution >= 0.6 is 0 Å². The zero-order valence-corrected chi connectivity index (χ0v) is 10.2. The summed E-state index contributed by atoms with van der Waals surface area (Å²) in [6, 6.07) is 7.74. The molecule has 0 aromatic heterocycles. The van der Waals surface area contributed by atoms with E-state index in [0.717, 1.165) is 24.0 Å². The second kappa shape index (κ2) is 4.98. The van der Waals surface area contributed by atoms with Crippen LogP contribution in [-0.4, -0.2) is 25.5 Å². The third kappa shape index (κ3) is 2.40. The highest BCUT2D eigenvalue weighted by Crippen LogP contribution is 2.33. The molecule has 0 atom stereocenters. The Bertz CT molecular complexity index is 408. The van der Waals surface area contributed by atoms with Gasteiger partial charge in [0.1, 0.15) is 0 Å². The van der Waals surface area contributed by atoms with Gasteiger partial charge in [-0.2, -0.15) is 0 Å². The Kier molecular flexibility index (Phi) is 3.60. The van der Waals surface area contributed by atoms with Gasteiger partial charge in [-0.3, -0.25) is 4.79 Å². The van der Waals surface area contributed by atoms with E-state index in [1.165, 1.54) is 0 Å². The van der Waals surface area contributed by atoms with Crippen LogP contribution in [0.3, 0.4) is 0 Å². The van der Waals surface area contributed by atoms with E-state index in [0.29, 0.717) is 19.8 Å². The first kappa shape index (κ1) is 12.3. The monoisotopic (exact) mass is 233 g/mol. The largest absolute Gasteiger partial charge is 0.381 e. The first-order valence-corrected chi connectivity index (χ1v) is 6.07. The maximum atomic E-state index is 12.6. The first-order chi connectivity index (χ1) is 8.18. The standard InChI is InChI=1S/C14H19NO2/c1-11-3-2-4-12(9-11)13(16)14(10-15)5-7-17-8-6-14/h2-4,9H,5-8,10,15H2,1H3. The second-order valence-corrected chi connectivity index (χ2v) is 4.80. The van der Waals surface area contributed by atoms with E-state index in [9.17, 15) is 4.79 Å². The summed E-state index contributed by atoms with van der Waals surface area (Å²) in [5, 5.41) is 0. The molecule has 1 aliphatic heterocycles. The maximum absolute atomic E-state index is 12.6. The minimum Gasteiger partial charge on any atom is -0.381 e. The van der Waals surface area contributed by atoms with E-state index in [2.05, 4.69) is 0 Å². The predicted molar refractivity (Wildman–Crippen MR) is 67.0 cm³/mol. The average Bonchev–Trinajstić information content (AvgIpc) is 2.38. The lowest BCUT2D eigenvalue weighted by Gasteiger charge is -2.34. The maximum Gasteiger partial charge on any atom is 0.170 e. The van der Waals surface area contributed by atoms with Gasteiger partial charge in [0.25, 0.3) is 0 Å². The van der Waals surface area contributed by atoms with Gasteiger partial charge in [0.2, 0.25) is 0 Å². The zero-order chi connectivity index (χ0) is 12.3. The minimum atomic E-state index is -0.411. The Hall–Kier alpha value is -1.19. The molecule has 1 fully saturated rings. The van der Waals surface area contributed by atoms with E-state index in [4.69, 9.17) is 10.5 Å². The fraction of sp³-hybridized carbons (Fsp3) is 0.500. The van der Waals surface area contributed by atoms with Crippen LogP contribution in [0.15, 0.2) is 24.3 Å². The molecule has 1 aromatic rings. The highest BCUT2D eigenvalue weighted by molar-refractivity contribution is 6.00. The van der Waals surface area contributed by atoms with Gasteiger partial charge < -0.3 is 10.5 Å². The number of carbonyl (C=O) groups is 1. The average molecular weight is 233 g/mol. The van der Waals surface area contributed by atoms with E-state index in [-0.39, 0.29) is 5.78 Å². The number of aryl methyl sites for hydroxylation is 1. The highest BCUT2D eigenvalue weighted by atomic mass is 16.5. The Morgan fingerprint density at radius 2 is 2.12 bits per heavy atom. The molecule has 1 saturated heterocycles. The number of hydrogen-bond acceptors (Lipinski definition) is 3. The number of benzene rings is 1. The van der Waals surface area contributed by atoms with Crippen molar-refractivity contribution in [1.82, 2.24) is 0 Å². The molecule has 1 aliphatic rings. The van der Waals surface area contributed by atoms with E-state index < -0.39 is 5.41 Å².